The molecule has 1 aliphatic rings. The van der Waals surface area contributed by atoms with Crippen LogP contribution in [-0.2, 0) is 16.2 Å². The summed E-state index contributed by atoms with van der Waals surface area (Å²) in [6.07, 6.45) is 0. The van der Waals surface area contributed by atoms with Crippen LogP contribution in [0.2, 0.25) is 0 Å². The smallest absolute Gasteiger partial charge is 0.0555 e. The van der Waals surface area contributed by atoms with Gasteiger partial charge in [-0.25, -0.2) is 0 Å². The lowest BCUT2D eigenvalue weighted by atomic mass is 9.78. The molecular formula is C57H51NS. The molecule has 290 valence electrons. The van der Waals surface area contributed by atoms with Gasteiger partial charge in [-0.1, -0.05) is 189 Å². The lowest BCUT2D eigenvalue weighted by Crippen LogP contribution is -2.16. The van der Waals surface area contributed by atoms with Crippen molar-refractivity contribution in [3.8, 4) is 33.4 Å². The summed E-state index contributed by atoms with van der Waals surface area (Å²) in [5, 5.41) is 5.09. The maximum atomic E-state index is 2.59. The van der Waals surface area contributed by atoms with Gasteiger partial charge in [0, 0.05) is 36.7 Å². The fourth-order valence-electron chi connectivity index (χ4n) is 9.60. The molecule has 1 heterocycles. The molecule has 0 atom stereocenters. The van der Waals surface area contributed by atoms with Gasteiger partial charge in [-0.3, -0.25) is 0 Å². The first kappa shape index (κ1) is 37.3. The van der Waals surface area contributed by atoms with Gasteiger partial charge in [0.2, 0.25) is 0 Å². The Kier molecular flexibility index (Phi) is 8.57. The van der Waals surface area contributed by atoms with E-state index in [0.717, 1.165) is 5.69 Å². The van der Waals surface area contributed by atoms with Crippen molar-refractivity contribution in [1.29, 1.82) is 0 Å². The zero-order valence-corrected chi connectivity index (χ0v) is 36.3. The summed E-state index contributed by atoms with van der Waals surface area (Å²) in [5.74, 6) is 0. The highest BCUT2D eigenvalue weighted by molar-refractivity contribution is 7.26. The van der Waals surface area contributed by atoms with Crippen molar-refractivity contribution >= 4 is 59.3 Å². The average molecular weight is 782 g/mol. The van der Waals surface area contributed by atoms with Gasteiger partial charge in [-0.05, 0) is 96.4 Å². The normalized spacial score (nSPS) is 13.6. The Labute approximate surface area is 353 Å². The van der Waals surface area contributed by atoms with Gasteiger partial charge < -0.3 is 4.90 Å². The standard InChI is InChI=1S/C57H51NS/c1-55(2,3)38-33-37(34-39(35-38)56(4,5)6)40-24-15-19-36-20-16-25-42(52(36)40)41-21-10-13-28-47(41)58(49-30-18-32-51-54(49)44-23-11-14-31-50(44)59-51)48-29-17-27-46-53(48)43-22-9-12-26-45(43)57(46,7)8/h9-35H,1-8H3. The van der Waals surface area contributed by atoms with Crippen LogP contribution in [0.15, 0.2) is 164 Å². The highest BCUT2D eigenvalue weighted by Crippen LogP contribution is 2.56. The van der Waals surface area contributed by atoms with Crippen LogP contribution in [0.4, 0.5) is 17.1 Å². The zero-order chi connectivity index (χ0) is 40.8. The summed E-state index contributed by atoms with van der Waals surface area (Å²) in [5.41, 5.74) is 16.5. The summed E-state index contributed by atoms with van der Waals surface area (Å²) < 4.78 is 2.60. The van der Waals surface area contributed by atoms with E-state index in [1.807, 2.05) is 11.3 Å². The average Bonchev–Trinajstić information content (AvgIpc) is 3.73. The maximum absolute atomic E-state index is 2.59. The number of fused-ring (bicyclic) bond motifs is 7. The summed E-state index contributed by atoms with van der Waals surface area (Å²) >= 11 is 1.88. The first-order chi connectivity index (χ1) is 28.3. The molecule has 10 rings (SSSR count). The molecule has 0 amide bonds. The second-order valence-corrected chi connectivity index (χ2v) is 20.1. The molecule has 1 nitrogen and oxygen atoms in total. The van der Waals surface area contributed by atoms with Crippen molar-refractivity contribution in [2.24, 2.45) is 0 Å². The van der Waals surface area contributed by atoms with E-state index in [1.165, 1.54) is 98.0 Å². The molecule has 0 unspecified atom stereocenters. The Morgan fingerprint density at radius 3 is 1.73 bits per heavy atom. The quantitative estimate of drug-likeness (QED) is 0.168. The number of benzene rings is 8. The molecule has 0 fully saturated rings. The van der Waals surface area contributed by atoms with E-state index < -0.39 is 0 Å². The third kappa shape index (κ3) is 6.03. The molecular weight excluding hydrogens is 731 g/mol. The minimum absolute atomic E-state index is 0.00645. The predicted molar refractivity (Wildman–Crippen MR) is 257 cm³/mol. The van der Waals surface area contributed by atoms with E-state index >= 15 is 0 Å². The van der Waals surface area contributed by atoms with Crippen molar-refractivity contribution in [2.45, 2.75) is 71.6 Å². The van der Waals surface area contributed by atoms with Crippen LogP contribution >= 0.6 is 11.3 Å². The molecule has 0 bridgehead atoms. The number of thiophene rings is 1. The van der Waals surface area contributed by atoms with Crippen LogP contribution in [0, 0.1) is 0 Å². The van der Waals surface area contributed by atoms with Gasteiger partial charge in [-0.15, -0.1) is 11.3 Å². The topological polar surface area (TPSA) is 3.24 Å². The third-order valence-corrected chi connectivity index (χ3v) is 13.9. The van der Waals surface area contributed by atoms with Gasteiger partial charge in [-0.2, -0.15) is 0 Å². The van der Waals surface area contributed by atoms with Gasteiger partial charge in [0.15, 0.2) is 0 Å². The van der Waals surface area contributed by atoms with Crippen molar-refractivity contribution < 1.29 is 0 Å². The molecule has 59 heavy (non-hydrogen) atoms. The molecule has 0 saturated carbocycles. The number of hydrogen-bond acceptors (Lipinski definition) is 2. The van der Waals surface area contributed by atoms with Gasteiger partial charge in [0.05, 0.1) is 17.1 Å². The van der Waals surface area contributed by atoms with Crippen molar-refractivity contribution in [2.75, 3.05) is 4.90 Å². The van der Waals surface area contributed by atoms with Crippen molar-refractivity contribution in [3.05, 3.63) is 186 Å². The fourth-order valence-corrected chi connectivity index (χ4v) is 10.7. The first-order valence-corrected chi connectivity index (χ1v) is 21.8. The van der Waals surface area contributed by atoms with E-state index in [2.05, 4.69) is 224 Å². The van der Waals surface area contributed by atoms with E-state index in [-0.39, 0.29) is 16.2 Å². The first-order valence-electron chi connectivity index (χ1n) is 21.0. The van der Waals surface area contributed by atoms with E-state index in [1.54, 1.807) is 0 Å². The SMILES string of the molecule is CC(C)(C)c1cc(-c2cccc3cccc(-c4ccccc4N(c4cccc5c4-c4ccccc4C5(C)C)c4cccc5sc6ccccc6c45)c23)cc(C(C)(C)C)c1. The molecule has 2 heteroatoms. The molecule has 8 aromatic carbocycles. The largest absolute Gasteiger partial charge is 0.309 e. The number of hydrogen-bond donors (Lipinski definition) is 0. The molecule has 0 aliphatic heterocycles. The Hall–Kier alpha value is -5.96. The maximum Gasteiger partial charge on any atom is 0.0555 e. The van der Waals surface area contributed by atoms with Crippen LogP contribution in [0.5, 0.6) is 0 Å². The highest BCUT2D eigenvalue weighted by atomic mass is 32.1. The van der Waals surface area contributed by atoms with Crippen LogP contribution in [0.25, 0.3) is 64.3 Å². The lowest BCUT2D eigenvalue weighted by molar-refractivity contribution is 0.569. The van der Waals surface area contributed by atoms with Crippen molar-refractivity contribution in [3.63, 3.8) is 0 Å². The predicted octanol–water partition coefficient (Wildman–Crippen LogP) is 16.9. The van der Waals surface area contributed by atoms with Gasteiger partial charge in [0.1, 0.15) is 0 Å². The Morgan fingerprint density at radius 1 is 0.441 bits per heavy atom. The van der Waals surface area contributed by atoms with E-state index in [0.29, 0.717) is 0 Å². The van der Waals surface area contributed by atoms with Crippen LogP contribution < -0.4 is 4.90 Å². The second kappa shape index (κ2) is 13.5. The summed E-state index contributed by atoms with van der Waals surface area (Å²) in [4.78, 5) is 2.59. The Balaban J connectivity index is 1.30. The lowest BCUT2D eigenvalue weighted by Gasteiger charge is -2.31. The number of anilines is 3. The van der Waals surface area contributed by atoms with Gasteiger partial charge >= 0.3 is 0 Å². The van der Waals surface area contributed by atoms with Crippen LogP contribution in [0.1, 0.15) is 77.6 Å². The monoisotopic (exact) mass is 781 g/mol. The summed E-state index contributed by atoms with van der Waals surface area (Å²) in [6.45, 7) is 18.7. The molecule has 9 aromatic rings. The minimum atomic E-state index is -0.133. The van der Waals surface area contributed by atoms with E-state index in [9.17, 15) is 0 Å². The molecule has 1 aliphatic carbocycles. The molecule has 0 radical (unpaired) electrons. The number of nitrogens with zero attached hydrogens (tertiary/aromatic N) is 1. The number of rotatable bonds is 5. The molecule has 1 aromatic heterocycles. The third-order valence-electron chi connectivity index (χ3n) is 12.8. The molecule has 0 N–H and O–H groups in total. The van der Waals surface area contributed by atoms with E-state index in [4.69, 9.17) is 0 Å². The Bertz CT molecular complexity index is 3070. The Morgan fingerprint density at radius 2 is 0.983 bits per heavy atom. The van der Waals surface area contributed by atoms with Gasteiger partial charge in [0.25, 0.3) is 0 Å². The summed E-state index contributed by atoms with van der Waals surface area (Å²) in [7, 11) is 0. The fraction of sp³-hybridized carbons (Fsp3) is 0.193. The zero-order valence-electron chi connectivity index (χ0n) is 35.4. The highest BCUT2D eigenvalue weighted by Gasteiger charge is 2.38. The molecule has 0 saturated heterocycles. The summed E-state index contributed by atoms with van der Waals surface area (Å²) in [6, 6.07) is 61.9. The minimum Gasteiger partial charge on any atom is -0.309 e. The van der Waals surface area contributed by atoms with Crippen molar-refractivity contribution in [1.82, 2.24) is 0 Å². The molecule has 0 spiro atoms. The van der Waals surface area contributed by atoms with Crippen LogP contribution in [-0.4, -0.2) is 0 Å². The van der Waals surface area contributed by atoms with Crippen LogP contribution in [0.3, 0.4) is 0 Å². The second-order valence-electron chi connectivity index (χ2n) is 19.0. The number of para-hydroxylation sites is 1.